The smallest absolute Gasteiger partial charge is 0.350 e. The summed E-state index contributed by atoms with van der Waals surface area (Å²) < 4.78 is 109. The molecule has 0 saturated carbocycles. The Morgan fingerprint density at radius 3 is 1.72 bits per heavy atom. The van der Waals surface area contributed by atoms with E-state index in [0.29, 0.717) is 7.11 Å². The van der Waals surface area contributed by atoms with Crippen LogP contribution in [0.3, 0.4) is 0 Å². The maximum Gasteiger partial charge on any atom is 0.437 e. The minimum absolute atomic E-state index is 0.393. The molecule has 2 atom stereocenters. The Kier molecular flexibility index (Phi) is 3.59. The van der Waals surface area contributed by atoms with Crippen molar-refractivity contribution in [1.82, 2.24) is 0 Å². The molecule has 18 heavy (non-hydrogen) atoms. The van der Waals surface area contributed by atoms with Crippen LogP contribution in [0.4, 0.5) is 35.1 Å². The van der Waals surface area contributed by atoms with Crippen molar-refractivity contribution < 1.29 is 44.6 Å². The standard InChI is InChI=1S/C8H8F8O2/c1-17-5(3-2-4(9)18-5)6(10,7(11,12)13)8(14,15)16/h4H,2-3H2,1H3. The van der Waals surface area contributed by atoms with E-state index in [2.05, 4.69) is 9.47 Å². The molecule has 1 saturated heterocycles. The molecule has 1 aliphatic rings. The van der Waals surface area contributed by atoms with Gasteiger partial charge >= 0.3 is 18.0 Å². The molecule has 10 heteroatoms. The van der Waals surface area contributed by atoms with Gasteiger partial charge in [-0.05, 0) is 0 Å². The van der Waals surface area contributed by atoms with Crippen molar-refractivity contribution >= 4 is 0 Å². The van der Waals surface area contributed by atoms with Gasteiger partial charge in [0.1, 0.15) is 0 Å². The number of ether oxygens (including phenoxy) is 2. The van der Waals surface area contributed by atoms with E-state index < -0.39 is 43.0 Å². The highest BCUT2D eigenvalue weighted by molar-refractivity contribution is 5.08. The molecule has 0 amide bonds. The van der Waals surface area contributed by atoms with Crippen LogP contribution < -0.4 is 0 Å². The number of halogens is 8. The molecular weight excluding hydrogens is 280 g/mol. The maximum atomic E-state index is 13.7. The van der Waals surface area contributed by atoms with Gasteiger partial charge in [-0.1, -0.05) is 0 Å². The zero-order valence-corrected chi connectivity index (χ0v) is 8.83. The van der Waals surface area contributed by atoms with Gasteiger partial charge < -0.3 is 9.47 Å². The lowest BCUT2D eigenvalue weighted by Gasteiger charge is -2.41. The Morgan fingerprint density at radius 1 is 1.06 bits per heavy atom. The van der Waals surface area contributed by atoms with Gasteiger partial charge in [0.25, 0.3) is 0 Å². The first kappa shape index (κ1) is 15.4. The van der Waals surface area contributed by atoms with E-state index in [1.165, 1.54) is 0 Å². The number of rotatable bonds is 2. The Balaban J connectivity index is 3.36. The molecule has 108 valence electrons. The van der Waals surface area contributed by atoms with Crippen LogP contribution in [0, 0.1) is 0 Å². The van der Waals surface area contributed by atoms with E-state index in [0.717, 1.165) is 0 Å². The number of alkyl halides is 8. The van der Waals surface area contributed by atoms with Crippen LogP contribution in [0.25, 0.3) is 0 Å². The van der Waals surface area contributed by atoms with Crippen molar-refractivity contribution in [3.8, 4) is 0 Å². The second-order valence-corrected chi connectivity index (χ2v) is 3.68. The van der Waals surface area contributed by atoms with Crippen molar-refractivity contribution in [2.75, 3.05) is 7.11 Å². The SMILES string of the molecule is COC1(C(F)(C(F)(F)F)C(F)(F)F)CCC(F)O1. The molecule has 0 radical (unpaired) electrons. The summed E-state index contributed by atoms with van der Waals surface area (Å²) in [6, 6.07) is 0. The molecular formula is C8H8F8O2. The summed E-state index contributed by atoms with van der Waals surface area (Å²) in [5, 5.41) is 0. The normalized spacial score (nSPS) is 30.8. The second-order valence-electron chi connectivity index (χ2n) is 3.68. The van der Waals surface area contributed by atoms with Crippen LogP contribution in [-0.4, -0.2) is 37.3 Å². The van der Waals surface area contributed by atoms with Crippen molar-refractivity contribution in [2.45, 2.75) is 43.0 Å². The number of hydrogen-bond donors (Lipinski definition) is 0. The lowest BCUT2D eigenvalue weighted by atomic mass is 9.90. The highest BCUT2D eigenvalue weighted by Crippen LogP contribution is 2.57. The molecule has 1 rings (SSSR count). The van der Waals surface area contributed by atoms with E-state index in [-0.39, 0.29) is 0 Å². The minimum Gasteiger partial charge on any atom is -0.350 e. The highest BCUT2D eigenvalue weighted by atomic mass is 19.4. The zero-order chi connectivity index (χ0) is 14.4. The Hall–Kier alpha value is -0.640. The highest BCUT2D eigenvalue weighted by Gasteiger charge is 2.84. The van der Waals surface area contributed by atoms with Gasteiger partial charge in [0, 0.05) is 20.0 Å². The first-order valence-corrected chi connectivity index (χ1v) is 4.61. The van der Waals surface area contributed by atoms with Crippen LogP contribution in [0.5, 0.6) is 0 Å². The van der Waals surface area contributed by atoms with Crippen LogP contribution in [0.2, 0.25) is 0 Å². The van der Waals surface area contributed by atoms with Gasteiger partial charge in [-0.3, -0.25) is 0 Å². The summed E-state index contributed by atoms with van der Waals surface area (Å²) >= 11 is 0. The average Bonchev–Trinajstić information content (AvgIpc) is 2.56. The monoisotopic (exact) mass is 288 g/mol. The Labute approximate surface area is 95.8 Å². The quantitative estimate of drug-likeness (QED) is 0.726. The summed E-state index contributed by atoms with van der Waals surface area (Å²) in [7, 11) is 0.393. The van der Waals surface area contributed by atoms with Gasteiger partial charge in [-0.25, -0.2) is 8.78 Å². The van der Waals surface area contributed by atoms with Crippen molar-refractivity contribution in [2.24, 2.45) is 0 Å². The Bertz CT molecular complexity index is 297. The van der Waals surface area contributed by atoms with Crippen LogP contribution in [-0.2, 0) is 9.47 Å². The first-order chi connectivity index (χ1) is 7.91. The molecule has 0 bridgehead atoms. The van der Waals surface area contributed by atoms with E-state index in [1.54, 1.807) is 0 Å². The third kappa shape index (κ3) is 1.94. The molecule has 0 spiro atoms. The van der Waals surface area contributed by atoms with Crippen LogP contribution in [0.1, 0.15) is 12.8 Å². The van der Waals surface area contributed by atoms with Gasteiger partial charge in [-0.15, -0.1) is 0 Å². The van der Waals surface area contributed by atoms with Crippen LogP contribution >= 0.6 is 0 Å². The molecule has 1 heterocycles. The van der Waals surface area contributed by atoms with Crippen molar-refractivity contribution in [1.29, 1.82) is 0 Å². The molecule has 0 aromatic heterocycles. The molecule has 1 aliphatic heterocycles. The minimum atomic E-state index is -6.36. The van der Waals surface area contributed by atoms with E-state index in [1.807, 2.05) is 0 Å². The van der Waals surface area contributed by atoms with E-state index in [4.69, 9.17) is 0 Å². The predicted molar refractivity (Wildman–Crippen MR) is 40.9 cm³/mol. The third-order valence-electron chi connectivity index (χ3n) is 2.65. The third-order valence-corrected chi connectivity index (χ3v) is 2.65. The summed E-state index contributed by atoms with van der Waals surface area (Å²) in [5.74, 6) is -3.76. The van der Waals surface area contributed by atoms with Crippen molar-refractivity contribution in [3.63, 3.8) is 0 Å². The van der Waals surface area contributed by atoms with Gasteiger partial charge in [-0.2, -0.15) is 26.3 Å². The van der Waals surface area contributed by atoms with E-state index >= 15 is 0 Å². The lowest BCUT2D eigenvalue weighted by molar-refractivity contribution is -0.436. The largest absolute Gasteiger partial charge is 0.437 e. The van der Waals surface area contributed by atoms with Gasteiger partial charge in [0.15, 0.2) is 0 Å². The fraction of sp³-hybridized carbons (Fsp3) is 1.00. The summed E-state index contributed by atoms with van der Waals surface area (Å²) in [5.41, 5.74) is -5.80. The lowest BCUT2D eigenvalue weighted by Crippen LogP contribution is -2.68. The molecule has 1 fully saturated rings. The fourth-order valence-corrected chi connectivity index (χ4v) is 1.76. The molecule has 0 aliphatic carbocycles. The molecule has 0 N–H and O–H groups in total. The summed E-state index contributed by atoms with van der Waals surface area (Å²) in [6.07, 6.45) is -17.2. The van der Waals surface area contributed by atoms with E-state index in [9.17, 15) is 35.1 Å². The topological polar surface area (TPSA) is 18.5 Å². The number of hydrogen-bond acceptors (Lipinski definition) is 2. The number of methoxy groups -OCH3 is 1. The average molecular weight is 288 g/mol. The van der Waals surface area contributed by atoms with Gasteiger partial charge in [0.05, 0.1) is 0 Å². The second kappa shape index (κ2) is 4.19. The Morgan fingerprint density at radius 2 is 1.50 bits per heavy atom. The molecule has 2 unspecified atom stereocenters. The first-order valence-electron chi connectivity index (χ1n) is 4.61. The van der Waals surface area contributed by atoms with Crippen LogP contribution in [0.15, 0.2) is 0 Å². The molecule has 0 aromatic carbocycles. The maximum absolute atomic E-state index is 13.7. The summed E-state index contributed by atoms with van der Waals surface area (Å²) in [6.45, 7) is 0. The fourth-order valence-electron chi connectivity index (χ4n) is 1.76. The van der Waals surface area contributed by atoms with Crippen molar-refractivity contribution in [3.05, 3.63) is 0 Å². The van der Waals surface area contributed by atoms with Gasteiger partial charge in [0.2, 0.25) is 12.1 Å². The summed E-state index contributed by atoms with van der Waals surface area (Å²) in [4.78, 5) is 0. The predicted octanol–water partition coefficient (Wildman–Crippen LogP) is 3.27. The molecule has 2 nitrogen and oxygen atoms in total. The molecule has 0 aromatic rings. The zero-order valence-electron chi connectivity index (χ0n) is 8.83.